The van der Waals surface area contributed by atoms with Gasteiger partial charge >= 0.3 is 0 Å². The third-order valence-corrected chi connectivity index (χ3v) is 5.83. The molecule has 1 aliphatic rings. The molecular weight excluding hydrogens is 284 g/mol. The van der Waals surface area contributed by atoms with Gasteiger partial charge < -0.3 is 5.32 Å². The Morgan fingerprint density at radius 2 is 1.76 bits per heavy atom. The number of nitrogens with zero attached hydrogens (tertiary/aromatic N) is 1. The van der Waals surface area contributed by atoms with Gasteiger partial charge in [0.05, 0.1) is 0 Å². The molecule has 116 valence electrons. The number of benzene rings is 1. The van der Waals surface area contributed by atoms with E-state index >= 15 is 0 Å². The lowest BCUT2D eigenvalue weighted by Gasteiger charge is -2.33. The van der Waals surface area contributed by atoms with Crippen molar-refractivity contribution in [2.45, 2.75) is 37.8 Å². The highest BCUT2D eigenvalue weighted by atomic mass is 32.2. The van der Waals surface area contributed by atoms with Crippen molar-refractivity contribution in [3.05, 3.63) is 41.3 Å². The normalized spacial score (nSPS) is 23.8. The second kappa shape index (κ2) is 7.20. The molecule has 0 spiro atoms. The SMILES string of the molecule is CNC1CCC(N(C)S(=O)(=O)C=Cc2ccccc2)CC1. The van der Waals surface area contributed by atoms with Gasteiger partial charge in [-0.2, -0.15) is 4.31 Å². The Hall–Kier alpha value is -1.17. The van der Waals surface area contributed by atoms with E-state index in [4.69, 9.17) is 0 Å². The lowest BCUT2D eigenvalue weighted by atomic mass is 9.91. The summed E-state index contributed by atoms with van der Waals surface area (Å²) >= 11 is 0. The van der Waals surface area contributed by atoms with Crippen LogP contribution in [0.2, 0.25) is 0 Å². The number of nitrogens with one attached hydrogen (secondary N) is 1. The molecule has 1 aromatic rings. The number of rotatable bonds is 5. The van der Waals surface area contributed by atoms with Crippen LogP contribution in [0.25, 0.3) is 6.08 Å². The summed E-state index contributed by atoms with van der Waals surface area (Å²) in [5, 5.41) is 4.58. The quantitative estimate of drug-likeness (QED) is 0.909. The second-order valence-corrected chi connectivity index (χ2v) is 7.45. The molecule has 1 fully saturated rings. The van der Waals surface area contributed by atoms with Gasteiger partial charge in [-0.3, -0.25) is 0 Å². The molecule has 1 aromatic carbocycles. The summed E-state index contributed by atoms with van der Waals surface area (Å²) in [5.41, 5.74) is 0.897. The molecule has 0 aliphatic heterocycles. The van der Waals surface area contributed by atoms with Gasteiger partial charge in [0.25, 0.3) is 0 Å². The maximum Gasteiger partial charge on any atom is 0.236 e. The molecular formula is C16H24N2O2S. The third kappa shape index (κ3) is 4.40. The lowest BCUT2D eigenvalue weighted by Crippen LogP contribution is -2.41. The first-order chi connectivity index (χ1) is 10.0. The zero-order chi connectivity index (χ0) is 15.3. The summed E-state index contributed by atoms with van der Waals surface area (Å²) in [6.45, 7) is 0. The Labute approximate surface area is 127 Å². The average Bonchev–Trinajstić information content (AvgIpc) is 2.53. The Bertz CT molecular complexity index is 561. The van der Waals surface area contributed by atoms with E-state index in [2.05, 4.69) is 5.32 Å². The van der Waals surface area contributed by atoms with Crippen molar-refractivity contribution in [2.75, 3.05) is 14.1 Å². The first-order valence-electron chi connectivity index (χ1n) is 7.41. The zero-order valence-electron chi connectivity index (χ0n) is 12.7. The van der Waals surface area contributed by atoms with Gasteiger partial charge in [-0.1, -0.05) is 30.3 Å². The van der Waals surface area contributed by atoms with Crippen molar-refractivity contribution in [3.63, 3.8) is 0 Å². The van der Waals surface area contributed by atoms with Gasteiger partial charge in [-0.25, -0.2) is 8.42 Å². The molecule has 0 saturated heterocycles. The summed E-state index contributed by atoms with van der Waals surface area (Å²) in [6, 6.07) is 10.1. The molecule has 0 atom stereocenters. The predicted octanol–water partition coefficient (Wildman–Crippen LogP) is 2.45. The number of hydrogen-bond donors (Lipinski definition) is 1. The van der Waals surface area contributed by atoms with Crippen LogP contribution in [0, 0.1) is 0 Å². The van der Waals surface area contributed by atoms with Crippen molar-refractivity contribution >= 4 is 16.1 Å². The van der Waals surface area contributed by atoms with Crippen molar-refractivity contribution in [2.24, 2.45) is 0 Å². The van der Waals surface area contributed by atoms with Gasteiger partial charge in [0.2, 0.25) is 10.0 Å². The molecule has 0 amide bonds. The van der Waals surface area contributed by atoms with E-state index in [-0.39, 0.29) is 6.04 Å². The summed E-state index contributed by atoms with van der Waals surface area (Å²) in [5.74, 6) is 0. The smallest absolute Gasteiger partial charge is 0.236 e. The van der Waals surface area contributed by atoms with Crippen LogP contribution in [0.1, 0.15) is 31.2 Å². The van der Waals surface area contributed by atoms with Gasteiger partial charge in [0.1, 0.15) is 0 Å². The number of hydrogen-bond acceptors (Lipinski definition) is 3. The van der Waals surface area contributed by atoms with E-state index in [0.717, 1.165) is 31.2 Å². The largest absolute Gasteiger partial charge is 0.317 e. The molecule has 1 saturated carbocycles. The monoisotopic (exact) mass is 308 g/mol. The molecule has 1 aliphatic carbocycles. The first kappa shape index (κ1) is 16.2. The van der Waals surface area contributed by atoms with Crippen LogP contribution >= 0.6 is 0 Å². The van der Waals surface area contributed by atoms with E-state index in [0.29, 0.717) is 6.04 Å². The maximum absolute atomic E-state index is 12.4. The van der Waals surface area contributed by atoms with Gasteiger partial charge in [-0.15, -0.1) is 0 Å². The fraction of sp³-hybridized carbons (Fsp3) is 0.500. The minimum Gasteiger partial charge on any atom is -0.317 e. The Kier molecular flexibility index (Phi) is 5.56. The fourth-order valence-electron chi connectivity index (χ4n) is 2.76. The minimum absolute atomic E-state index is 0.111. The van der Waals surface area contributed by atoms with Crippen LogP contribution in [0.4, 0.5) is 0 Å². The maximum atomic E-state index is 12.4. The van der Waals surface area contributed by atoms with E-state index in [1.807, 2.05) is 37.4 Å². The molecule has 0 unspecified atom stereocenters. The lowest BCUT2D eigenvalue weighted by molar-refractivity contribution is 0.256. The van der Waals surface area contributed by atoms with E-state index < -0.39 is 10.0 Å². The van der Waals surface area contributed by atoms with Crippen molar-refractivity contribution in [1.29, 1.82) is 0 Å². The third-order valence-electron chi connectivity index (χ3n) is 4.25. The summed E-state index contributed by atoms with van der Waals surface area (Å²) < 4.78 is 26.3. The summed E-state index contributed by atoms with van der Waals surface area (Å²) in [6.07, 6.45) is 5.55. The zero-order valence-corrected chi connectivity index (χ0v) is 13.5. The molecule has 21 heavy (non-hydrogen) atoms. The Balaban J connectivity index is 2.01. The van der Waals surface area contributed by atoms with Gasteiger partial charge in [-0.05, 0) is 44.4 Å². The van der Waals surface area contributed by atoms with Crippen LogP contribution < -0.4 is 5.32 Å². The van der Waals surface area contributed by atoms with Gasteiger partial charge in [0.15, 0.2) is 0 Å². The summed E-state index contributed by atoms with van der Waals surface area (Å²) in [7, 11) is 0.306. The van der Waals surface area contributed by atoms with Crippen molar-refractivity contribution < 1.29 is 8.42 Å². The topological polar surface area (TPSA) is 49.4 Å². The van der Waals surface area contributed by atoms with Crippen LogP contribution in [0.15, 0.2) is 35.7 Å². The van der Waals surface area contributed by atoms with Crippen molar-refractivity contribution in [1.82, 2.24) is 9.62 Å². The van der Waals surface area contributed by atoms with Crippen LogP contribution in [-0.2, 0) is 10.0 Å². The van der Waals surface area contributed by atoms with E-state index in [1.165, 1.54) is 9.71 Å². The van der Waals surface area contributed by atoms with Crippen molar-refractivity contribution in [3.8, 4) is 0 Å². The average molecular weight is 308 g/mol. The van der Waals surface area contributed by atoms with Crippen LogP contribution in [0.5, 0.6) is 0 Å². The molecule has 1 N–H and O–H groups in total. The highest BCUT2D eigenvalue weighted by Crippen LogP contribution is 2.24. The molecule has 2 rings (SSSR count). The number of sulfonamides is 1. The molecule has 5 heteroatoms. The predicted molar refractivity (Wildman–Crippen MR) is 87.3 cm³/mol. The van der Waals surface area contributed by atoms with E-state index in [9.17, 15) is 8.42 Å². The summed E-state index contributed by atoms with van der Waals surface area (Å²) in [4.78, 5) is 0. The highest BCUT2D eigenvalue weighted by molar-refractivity contribution is 7.92. The molecule has 0 bridgehead atoms. The van der Waals surface area contributed by atoms with E-state index in [1.54, 1.807) is 13.1 Å². The Morgan fingerprint density at radius 1 is 1.14 bits per heavy atom. The molecule has 0 aromatic heterocycles. The standard InChI is InChI=1S/C16H24N2O2S/c1-17-15-8-10-16(11-9-15)18(2)21(19,20)13-12-14-6-4-3-5-7-14/h3-7,12-13,15-17H,8-11H2,1-2H3. The molecule has 4 nitrogen and oxygen atoms in total. The Morgan fingerprint density at radius 3 is 2.33 bits per heavy atom. The molecule has 0 radical (unpaired) electrons. The second-order valence-electron chi connectivity index (χ2n) is 5.57. The van der Waals surface area contributed by atoms with Gasteiger partial charge in [0, 0.05) is 24.5 Å². The first-order valence-corrected chi connectivity index (χ1v) is 8.91. The minimum atomic E-state index is -3.35. The fourth-order valence-corrected chi connectivity index (χ4v) is 3.91. The highest BCUT2D eigenvalue weighted by Gasteiger charge is 2.28. The van der Waals surface area contributed by atoms with Crippen LogP contribution in [-0.4, -0.2) is 38.9 Å². The van der Waals surface area contributed by atoms with Crippen LogP contribution in [0.3, 0.4) is 0 Å². The molecule has 0 heterocycles.